The van der Waals surface area contributed by atoms with E-state index in [1.165, 1.54) is 13.2 Å². The van der Waals surface area contributed by atoms with Crippen molar-refractivity contribution < 1.29 is 14.5 Å². The van der Waals surface area contributed by atoms with Crippen LogP contribution in [0.1, 0.15) is 29.7 Å². The van der Waals surface area contributed by atoms with E-state index in [-0.39, 0.29) is 11.3 Å². The molecule has 1 aliphatic heterocycles. The molecule has 0 unspecified atom stereocenters. The van der Waals surface area contributed by atoms with Gasteiger partial charge < -0.3 is 10.1 Å². The predicted molar refractivity (Wildman–Crippen MR) is 115 cm³/mol. The zero-order chi connectivity index (χ0) is 21.3. The molecule has 2 aromatic rings. The molecule has 2 aromatic carbocycles. The molecule has 0 aliphatic carbocycles. The van der Waals surface area contributed by atoms with Gasteiger partial charge in [-0.2, -0.15) is 0 Å². The van der Waals surface area contributed by atoms with Gasteiger partial charge in [-0.05, 0) is 56.2 Å². The Kier molecular flexibility index (Phi) is 5.65. The Bertz CT molecular complexity index is 1050. The number of benzene rings is 2. The molecular weight excluding hydrogens is 390 g/mol. The Balaban J connectivity index is 2.24. The van der Waals surface area contributed by atoms with Crippen LogP contribution in [-0.2, 0) is 9.53 Å². The monoisotopic (exact) mass is 411 g/mol. The molecule has 0 saturated carbocycles. The van der Waals surface area contributed by atoms with Crippen LogP contribution in [0.5, 0.6) is 0 Å². The molecule has 0 saturated heterocycles. The molecule has 7 nitrogen and oxygen atoms in total. The maximum atomic E-state index is 12.7. The number of aryl methyl sites for hydroxylation is 2. The van der Waals surface area contributed by atoms with E-state index in [4.69, 9.17) is 17.0 Å². The Morgan fingerprint density at radius 3 is 2.55 bits per heavy atom. The molecule has 1 heterocycles. The number of esters is 1. The molecule has 3 rings (SSSR count). The summed E-state index contributed by atoms with van der Waals surface area (Å²) in [4.78, 5) is 25.6. The number of nitro benzene ring substituents is 1. The lowest BCUT2D eigenvalue weighted by molar-refractivity contribution is -0.385. The summed E-state index contributed by atoms with van der Waals surface area (Å²) in [6.45, 7) is 5.69. The Labute approximate surface area is 174 Å². The van der Waals surface area contributed by atoms with Gasteiger partial charge in [-0.25, -0.2) is 4.79 Å². The minimum Gasteiger partial charge on any atom is -0.466 e. The van der Waals surface area contributed by atoms with Crippen molar-refractivity contribution in [1.82, 2.24) is 5.32 Å². The Morgan fingerprint density at radius 1 is 1.21 bits per heavy atom. The smallest absolute Gasteiger partial charge is 0.337 e. The summed E-state index contributed by atoms with van der Waals surface area (Å²) in [6, 6.07) is 11.4. The molecule has 1 N–H and O–H groups in total. The summed E-state index contributed by atoms with van der Waals surface area (Å²) in [7, 11) is 1.29. The highest BCUT2D eigenvalue weighted by Gasteiger charge is 2.38. The minimum absolute atomic E-state index is 0.0952. The molecule has 1 aliphatic rings. The molecule has 0 fully saturated rings. The van der Waals surface area contributed by atoms with Crippen LogP contribution in [0.2, 0.25) is 0 Å². The lowest BCUT2D eigenvalue weighted by atomic mass is 9.93. The summed E-state index contributed by atoms with van der Waals surface area (Å²) in [5.74, 6) is -0.573. The summed E-state index contributed by atoms with van der Waals surface area (Å²) >= 11 is 5.61. The van der Waals surface area contributed by atoms with Gasteiger partial charge in [0.2, 0.25) is 0 Å². The van der Waals surface area contributed by atoms with Gasteiger partial charge in [0, 0.05) is 11.8 Å². The average molecular weight is 411 g/mol. The first kappa shape index (κ1) is 20.5. The lowest BCUT2D eigenvalue weighted by Crippen LogP contribution is -2.48. The maximum Gasteiger partial charge on any atom is 0.337 e. The zero-order valence-electron chi connectivity index (χ0n) is 16.6. The molecule has 8 heteroatoms. The molecule has 0 spiro atoms. The van der Waals surface area contributed by atoms with Crippen molar-refractivity contribution in [2.75, 3.05) is 12.0 Å². The van der Waals surface area contributed by atoms with Gasteiger partial charge in [0.05, 0.1) is 34.9 Å². The van der Waals surface area contributed by atoms with E-state index >= 15 is 0 Å². The quantitative estimate of drug-likeness (QED) is 0.351. The molecule has 0 bridgehead atoms. The van der Waals surface area contributed by atoms with E-state index in [0.717, 1.165) is 16.8 Å². The molecular formula is C21H21N3O4S. The third-order valence-corrected chi connectivity index (χ3v) is 5.24. The molecule has 150 valence electrons. The number of hydrogen-bond donors (Lipinski definition) is 1. The van der Waals surface area contributed by atoms with E-state index in [0.29, 0.717) is 16.4 Å². The van der Waals surface area contributed by atoms with Crippen LogP contribution in [0, 0.1) is 24.0 Å². The van der Waals surface area contributed by atoms with Crippen molar-refractivity contribution in [2.24, 2.45) is 0 Å². The number of carbonyl (C=O) groups is 1. The fourth-order valence-electron chi connectivity index (χ4n) is 3.50. The van der Waals surface area contributed by atoms with Crippen molar-refractivity contribution in [2.45, 2.75) is 26.8 Å². The fraction of sp³-hybridized carbons (Fsp3) is 0.238. The highest BCUT2D eigenvalue weighted by atomic mass is 32.1. The standard InChI is InChI=1S/C21H21N3O4S/c1-12-9-10-13(2)17(11-12)23-14(3)18(20(25)28-4)19(22-21(23)29)15-7-5-6-8-16(15)24(26)27/h5-11,19H,1-4H3,(H,22,29)/t19-/m1/s1. The van der Waals surface area contributed by atoms with Crippen LogP contribution in [0.25, 0.3) is 0 Å². The van der Waals surface area contributed by atoms with Crippen molar-refractivity contribution in [3.63, 3.8) is 0 Å². The molecule has 29 heavy (non-hydrogen) atoms. The second kappa shape index (κ2) is 8.00. The fourth-order valence-corrected chi connectivity index (χ4v) is 3.85. The summed E-state index contributed by atoms with van der Waals surface area (Å²) in [6.07, 6.45) is 0. The SMILES string of the molecule is COC(=O)C1=C(C)N(c2cc(C)ccc2C)C(=S)N[C@@H]1c1ccccc1[N+](=O)[O-]. The lowest BCUT2D eigenvalue weighted by Gasteiger charge is -2.38. The molecule has 0 aromatic heterocycles. The number of allylic oxidation sites excluding steroid dienone is 1. The number of rotatable bonds is 4. The number of hydrogen-bond acceptors (Lipinski definition) is 5. The largest absolute Gasteiger partial charge is 0.466 e. The summed E-state index contributed by atoms with van der Waals surface area (Å²) < 4.78 is 5.01. The van der Waals surface area contributed by atoms with Crippen LogP contribution < -0.4 is 10.2 Å². The van der Waals surface area contributed by atoms with Gasteiger partial charge in [0.25, 0.3) is 5.69 Å². The van der Waals surface area contributed by atoms with Crippen molar-refractivity contribution in [3.05, 3.63) is 80.5 Å². The van der Waals surface area contributed by atoms with Gasteiger partial charge in [0.15, 0.2) is 5.11 Å². The van der Waals surface area contributed by atoms with E-state index in [1.54, 1.807) is 30.0 Å². The van der Waals surface area contributed by atoms with Gasteiger partial charge in [-0.15, -0.1) is 0 Å². The summed E-state index contributed by atoms with van der Waals surface area (Å²) in [5, 5.41) is 15.0. The van der Waals surface area contributed by atoms with Crippen LogP contribution in [0.3, 0.4) is 0 Å². The minimum atomic E-state index is -0.794. The third kappa shape index (κ3) is 3.71. The number of ether oxygens (including phenoxy) is 1. The van der Waals surface area contributed by atoms with E-state index in [9.17, 15) is 14.9 Å². The number of methoxy groups -OCH3 is 1. The van der Waals surface area contributed by atoms with E-state index < -0.39 is 16.9 Å². The first-order chi connectivity index (χ1) is 13.8. The first-order valence-corrected chi connectivity index (χ1v) is 9.37. The maximum absolute atomic E-state index is 12.7. The highest BCUT2D eigenvalue weighted by molar-refractivity contribution is 7.80. The normalized spacial score (nSPS) is 16.5. The van der Waals surface area contributed by atoms with Gasteiger partial charge in [-0.1, -0.05) is 24.3 Å². The molecule has 0 amide bonds. The van der Waals surface area contributed by atoms with Crippen LogP contribution >= 0.6 is 12.2 Å². The number of para-hydroxylation sites is 1. The molecule has 0 radical (unpaired) electrons. The highest BCUT2D eigenvalue weighted by Crippen LogP contribution is 2.38. The number of nitrogens with one attached hydrogen (secondary N) is 1. The average Bonchev–Trinajstić information content (AvgIpc) is 2.69. The number of nitro groups is 1. The molecule has 1 atom stereocenters. The predicted octanol–water partition coefficient (Wildman–Crippen LogP) is 4.09. The third-order valence-electron chi connectivity index (χ3n) is 4.94. The van der Waals surface area contributed by atoms with Gasteiger partial charge >= 0.3 is 5.97 Å². The second-order valence-electron chi connectivity index (χ2n) is 6.81. The zero-order valence-corrected chi connectivity index (χ0v) is 17.4. The van der Waals surface area contributed by atoms with Gasteiger partial charge in [0.1, 0.15) is 0 Å². The summed E-state index contributed by atoms with van der Waals surface area (Å²) in [5.41, 5.74) is 3.95. The first-order valence-electron chi connectivity index (χ1n) is 8.96. The number of anilines is 1. The number of carbonyl (C=O) groups excluding carboxylic acids is 1. The van der Waals surface area contributed by atoms with Crippen LogP contribution in [0.15, 0.2) is 53.7 Å². The van der Waals surface area contributed by atoms with Crippen molar-refractivity contribution in [1.29, 1.82) is 0 Å². The van der Waals surface area contributed by atoms with Crippen molar-refractivity contribution in [3.8, 4) is 0 Å². The Morgan fingerprint density at radius 2 is 1.90 bits per heavy atom. The van der Waals surface area contributed by atoms with E-state index in [2.05, 4.69) is 5.32 Å². The van der Waals surface area contributed by atoms with Crippen LogP contribution in [0.4, 0.5) is 11.4 Å². The number of thiocarbonyl (C=S) groups is 1. The van der Waals surface area contributed by atoms with Gasteiger partial charge in [-0.3, -0.25) is 15.0 Å². The van der Waals surface area contributed by atoms with E-state index in [1.807, 2.05) is 32.0 Å². The number of nitrogens with zero attached hydrogens (tertiary/aromatic N) is 2. The van der Waals surface area contributed by atoms with Crippen molar-refractivity contribution >= 4 is 34.7 Å². The Hall–Kier alpha value is -3.26. The second-order valence-corrected chi connectivity index (χ2v) is 7.20. The van der Waals surface area contributed by atoms with Crippen LogP contribution in [-0.4, -0.2) is 23.1 Å². The topological polar surface area (TPSA) is 84.7 Å².